The standard InChI is InChI=1S/C24H25N/c1-6-21-7-9-22(10-8-21)25(23-13-17(2)11-18(3)14-23)24-15-19(4)12-20(5)16-24/h6-16H,1H2,2-5H3. The molecule has 0 amide bonds. The SMILES string of the molecule is C=Cc1ccc(N(c2cc(C)cc(C)c2)c2cc(C)cc(C)c2)cc1. The molecule has 0 heterocycles. The van der Waals surface area contributed by atoms with Gasteiger partial charge in [0.05, 0.1) is 0 Å². The number of rotatable bonds is 4. The van der Waals surface area contributed by atoms with E-state index in [4.69, 9.17) is 0 Å². The molecule has 0 saturated carbocycles. The van der Waals surface area contributed by atoms with Gasteiger partial charge in [0.25, 0.3) is 0 Å². The molecule has 0 fully saturated rings. The van der Waals surface area contributed by atoms with Gasteiger partial charge in [-0.05, 0) is 91.9 Å². The van der Waals surface area contributed by atoms with Crippen LogP contribution in [0.3, 0.4) is 0 Å². The Balaban J connectivity index is 2.20. The van der Waals surface area contributed by atoms with Crippen LogP contribution in [0.15, 0.2) is 67.2 Å². The maximum absolute atomic E-state index is 3.85. The lowest BCUT2D eigenvalue weighted by Gasteiger charge is -2.27. The number of hydrogen-bond donors (Lipinski definition) is 0. The molecule has 0 N–H and O–H groups in total. The van der Waals surface area contributed by atoms with E-state index in [2.05, 4.69) is 99.8 Å². The summed E-state index contributed by atoms with van der Waals surface area (Å²) < 4.78 is 0. The summed E-state index contributed by atoms with van der Waals surface area (Å²) in [6, 6.07) is 21.9. The molecule has 1 heteroatoms. The maximum atomic E-state index is 3.85. The minimum Gasteiger partial charge on any atom is -0.310 e. The quantitative estimate of drug-likeness (QED) is 0.497. The van der Waals surface area contributed by atoms with Crippen molar-refractivity contribution in [2.24, 2.45) is 0 Å². The van der Waals surface area contributed by atoms with E-state index in [1.165, 1.54) is 33.6 Å². The summed E-state index contributed by atoms with van der Waals surface area (Å²) in [6.07, 6.45) is 1.88. The van der Waals surface area contributed by atoms with Gasteiger partial charge in [-0.3, -0.25) is 0 Å². The molecule has 0 unspecified atom stereocenters. The summed E-state index contributed by atoms with van der Waals surface area (Å²) in [5.74, 6) is 0. The smallest absolute Gasteiger partial charge is 0.0466 e. The van der Waals surface area contributed by atoms with E-state index in [1.54, 1.807) is 0 Å². The Bertz CT molecular complexity index is 812. The fourth-order valence-corrected chi connectivity index (χ4v) is 3.37. The highest BCUT2D eigenvalue weighted by atomic mass is 15.1. The summed E-state index contributed by atoms with van der Waals surface area (Å²) in [4.78, 5) is 2.33. The first kappa shape index (κ1) is 17.0. The fourth-order valence-electron chi connectivity index (χ4n) is 3.37. The molecular formula is C24H25N. The third kappa shape index (κ3) is 3.83. The van der Waals surface area contributed by atoms with Gasteiger partial charge in [0.15, 0.2) is 0 Å². The second kappa shape index (κ2) is 6.98. The number of hydrogen-bond acceptors (Lipinski definition) is 1. The molecule has 0 aromatic heterocycles. The van der Waals surface area contributed by atoms with Crippen LogP contribution in [0.2, 0.25) is 0 Å². The van der Waals surface area contributed by atoms with Crippen molar-refractivity contribution < 1.29 is 0 Å². The minimum atomic E-state index is 1.13. The van der Waals surface area contributed by atoms with Crippen LogP contribution in [0.1, 0.15) is 27.8 Å². The van der Waals surface area contributed by atoms with Crippen molar-refractivity contribution in [2.75, 3.05) is 4.90 Å². The van der Waals surface area contributed by atoms with Crippen molar-refractivity contribution in [1.29, 1.82) is 0 Å². The lowest BCUT2D eigenvalue weighted by molar-refractivity contribution is 1.23. The lowest BCUT2D eigenvalue weighted by atomic mass is 10.1. The van der Waals surface area contributed by atoms with E-state index in [0.717, 1.165) is 11.3 Å². The van der Waals surface area contributed by atoms with Crippen LogP contribution >= 0.6 is 0 Å². The molecule has 3 rings (SSSR count). The number of anilines is 3. The van der Waals surface area contributed by atoms with Gasteiger partial charge in [0, 0.05) is 17.1 Å². The fraction of sp³-hybridized carbons (Fsp3) is 0.167. The van der Waals surface area contributed by atoms with E-state index >= 15 is 0 Å². The molecule has 126 valence electrons. The number of benzene rings is 3. The summed E-state index contributed by atoms with van der Waals surface area (Å²) in [5, 5.41) is 0. The van der Waals surface area contributed by atoms with E-state index in [9.17, 15) is 0 Å². The molecule has 0 atom stereocenters. The lowest BCUT2D eigenvalue weighted by Crippen LogP contribution is -2.11. The first-order chi connectivity index (χ1) is 12.0. The summed E-state index contributed by atoms with van der Waals surface area (Å²) in [7, 11) is 0. The van der Waals surface area contributed by atoms with Gasteiger partial charge in [0.2, 0.25) is 0 Å². The van der Waals surface area contributed by atoms with Crippen molar-refractivity contribution >= 4 is 23.1 Å². The van der Waals surface area contributed by atoms with Gasteiger partial charge >= 0.3 is 0 Å². The highest BCUT2D eigenvalue weighted by Crippen LogP contribution is 2.36. The van der Waals surface area contributed by atoms with E-state index in [0.29, 0.717) is 0 Å². The maximum Gasteiger partial charge on any atom is 0.0466 e. The van der Waals surface area contributed by atoms with Crippen LogP contribution in [-0.4, -0.2) is 0 Å². The predicted molar refractivity (Wildman–Crippen MR) is 110 cm³/mol. The molecule has 0 radical (unpaired) electrons. The average Bonchev–Trinajstić information content (AvgIpc) is 2.54. The third-order valence-electron chi connectivity index (χ3n) is 4.32. The Morgan fingerprint density at radius 1 is 0.600 bits per heavy atom. The zero-order chi connectivity index (χ0) is 18.0. The van der Waals surface area contributed by atoms with Crippen molar-refractivity contribution in [1.82, 2.24) is 0 Å². The second-order valence-corrected chi connectivity index (χ2v) is 6.82. The Labute approximate surface area is 151 Å². The van der Waals surface area contributed by atoms with E-state index in [1.807, 2.05) is 6.08 Å². The van der Waals surface area contributed by atoms with Crippen LogP contribution in [0.25, 0.3) is 6.08 Å². The summed E-state index contributed by atoms with van der Waals surface area (Å²) in [5.41, 5.74) is 9.74. The monoisotopic (exact) mass is 327 g/mol. The zero-order valence-electron chi connectivity index (χ0n) is 15.5. The van der Waals surface area contributed by atoms with Crippen LogP contribution < -0.4 is 4.90 Å². The number of nitrogens with zero attached hydrogens (tertiary/aromatic N) is 1. The van der Waals surface area contributed by atoms with Crippen LogP contribution in [0.4, 0.5) is 17.1 Å². The second-order valence-electron chi connectivity index (χ2n) is 6.82. The van der Waals surface area contributed by atoms with Gasteiger partial charge in [0.1, 0.15) is 0 Å². The molecule has 0 aliphatic heterocycles. The molecular weight excluding hydrogens is 302 g/mol. The van der Waals surface area contributed by atoms with E-state index < -0.39 is 0 Å². The molecule has 0 bridgehead atoms. The normalized spacial score (nSPS) is 10.6. The van der Waals surface area contributed by atoms with Gasteiger partial charge in [-0.15, -0.1) is 0 Å². The van der Waals surface area contributed by atoms with Crippen molar-refractivity contribution in [3.63, 3.8) is 0 Å². The van der Waals surface area contributed by atoms with E-state index in [-0.39, 0.29) is 0 Å². The number of aryl methyl sites for hydroxylation is 4. The molecule has 3 aromatic rings. The topological polar surface area (TPSA) is 3.24 Å². The summed E-state index contributed by atoms with van der Waals surface area (Å²) in [6.45, 7) is 12.5. The Morgan fingerprint density at radius 2 is 1.00 bits per heavy atom. The van der Waals surface area contributed by atoms with Crippen LogP contribution in [0.5, 0.6) is 0 Å². The highest BCUT2D eigenvalue weighted by molar-refractivity contribution is 5.78. The van der Waals surface area contributed by atoms with Crippen molar-refractivity contribution in [3.8, 4) is 0 Å². The van der Waals surface area contributed by atoms with Crippen LogP contribution in [0, 0.1) is 27.7 Å². The van der Waals surface area contributed by atoms with Crippen molar-refractivity contribution in [2.45, 2.75) is 27.7 Å². The highest BCUT2D eigenvalue weighted by Gasteiger charge is 2.14. The molecule has 0 aliphatic rings. The summed E-state index contributed by atoms with van der Waals surface area (Å²) >= 11 is 0. The molecule has 1 nitrogen and oxygen atoms in total. The molecule has 3 aromatic carbocycles. The first-order valence-corrected chi connectivity index (χ1v) is 8.65. The average molecular weight is 327 g/mol. The Kier molecular flexibility index (Phi) is 4.76. The molecule has 0 saturated heterocycles. The van der Waals surface area contributed by atoms with Crippen LogP contribution in [-0.2, 0) is 0 Å². The van der Waals surface area contributed by atoms with Gasteiger partial charge in [-0.2, -0.15) is 0 Å². The van der Waals surface area contributed by atoms with Gasteiger partial charge < -0.3 is 4.90 Å². The van der Waals surface area contributed by atoms with Gasteiger partial charge in [-0.1, -0.05) is 36.9 Å². The predicted octanol–water partition coefficient (Wildman–Crippen LogP) is 7.03. The molecule has 0 spiro atoms. The molecule has 25 heavy (non-hydrogen) atoms. The minimum absolute atomic E-state index is 1.13. The Morgan fingerprint density at radius 3 is 1.36 bits per heavy atom. The molecule has 0 aliphatic carbocycles. The Hall–Kier alpha value is -2.80. The third-order valence-corrected chi connectivity index (χ3v) is 4.32. The first-order valence-electron chi connectivity index (χ1n) is 8.65. The van der Waals surface area contributed by atoms with Gasteiger partial charge in [-0.25, -0.2) is 0 Å². The zero-order valence-corrected chi connectivity index (χ0v) is 15.5. The largest absolute Gasteiger partial charge is 0.310 e. The van der Waals surface area contributed by atoms with Crippen molar-refractivity contribution in [3.05, 3.63) is 95.1 Å².